The largest absolute Gasteiger partial charge is 0.477 e. The van der Waals surface area contributed by atoms with E-state index < -0.39 is 7.82 Å². The second-order valence-corrected chi connectivity index (χ2v) is 7.10. The van der Waals surface area contributed by atoms with E-state index in [1.165, 1.54) is 0 Å². The molecule has 0 aliphatic carbocycles. The van der Waals surface area contributed by atoms with Crippen molar-refractivity contribution < 1.29 is 22.9 Å². The first kappa shape index (κ1) is 18.8. The van der Waals surface area contributed by atoms with Crippen LogP contribution in [0, 0.1) is 0 Å². The smallest absolute Gasteiger partial charge is 0.352 e. The van der Waals surface area contributed by atoms with Gasteiger partial charge in [0.2, 0.25) is 0 Å². The van der Waals surface area contributed by atoms with Gasteiger partial charge < -0.3 is 4.74 Å². The molecule has 0 N–H and O–H groups in total. The third-order valence-electron chi connectivity index (χ3n) is 3.08. The summed E-state index contributed by atoms with van der Waals surface area (Å²) < 4.78 is 34.3. The Morgan fingerprint density at radius 1 is 0.792 bits per heavy atom. The quantitative estimate of drug-likeness (QED) is 0.449. The Bertz CT molecular complexity index is 583. The van der Waals surface area contributed by atoms with Gasteiger partial charge in [-0.05, 0) is 25.0 Å². The van der Waals surface area contributed by atoms with E-state index in [2.05, 4.69) is 0 Å². The van der Waals surface area contributed by atoms with E-state index in [-0.39, 0.29) is 26.1 Å². The number of hydrogen-bond donors (Lipinski definition) is 0. The zero-order valence-corrected chi connectivity index (χ0v) is 14.9. The summed E-state index contributed by atoms with van der Waals surface area (Å²) in [7, 11) is -3.73. The molecule has 0 aliphatic heterocycles. The summed E-state index contributed by atoms with van der Waals surface area (Å²) in [6, 6.07) is 18.9. The van der Waals surface area contributed by atoms with E-state index in [1.54, 1.807) is 0 Å². The minimum atomic E-state index is -3.73. The van der Waals surface area contributed by atoms with Crippen molar-refractivity contribution in [3.8, 4) is 0 Å². The minimum Gasteiger partial charge on any atom is -0.352 e. The Labute approximate surface area is 143 Å². The highest BCUT2D eigenvalue weighted by Crippen LogP contribution is 2.50. The van der Waals surface area contributed by atoms with Crippen molar-refractivity contribution in [2.24, 2.45) is 0 Å². The van der Waals surface area contributed by atoms with Gasteiger partial charge in [-0.3, -0.25) is 13.6 Å². The first-order chi connectivity index (χ1) is 11.6. The molecule has 2 rings (SSSR count). The van der Waals surface area contributed by atoms with E-state index in [0.29, 0.717) is 0 Å². The highest BCUT2D eigenvalue weighted by Gasteiger charge is 2.27. The van der Waals surface area contributed by atoms with Gasteiger partial charge >= 0.3 is 7.82 Å². The van der Waals surface area contributed by atoms with E-state index in [0.717, 1.165) is 11.1 Å². The lowest BCUT2D eigenvalue weighted by Gasteiger charge is -2.19. The van der Waals surface area contributed by atoms with Crippen LogP contribution in [0.5, 0.6) is 0 Å². The van der Waals surface area contributed by atoms with Crippen molar-refractivity contribution in [3.63, 3.8) is 0 Å². The van der Waals surface area contributed by atoms with Crippen molar-refractivity contribution in [1.82, 2.24) is 0 Å². The monoisotopic (exact) mass is 350 g/mol. The lowest BCUT2D eigenvalue weighted by Crippen LogP contribution is -2.08. The van der Waals surface area contributed by atoms with Crippen molar-refractivity contribution in [1.29, 1.82) is 0 Å². The molecule has 0 saturated heterocycles. The van der Waals surface area contributed by atoms with E-state index in [1.807, 2.05) is 74.5 Å². The van der Waals surface area contributed by atoms with Gasteiger partial charge in [0, 0.05) is 0 Å². The Hall–Kier alpha value is -1.49. The Morgan fingerprint density at radius 2 is 1.25 bits per heavy atom. The third-order valence-corrected chi connectivity index (χ3v) is 4.39. The molecule has 0 bridgehead atoms. The molecule has 0 fully saturated rings. The van der Waals surface area contributed by atoms with Crippen LogP contribution in [0.15, 0.2) is 60.7 Å². The van der Waals surface area contributed by atoms with Gasteiger partial charge in [-0.25, -0.2) is 4.57 Å². The van der Waals surface area contributed by atoms with Crippen LogP contribution in [-0.4, -0.2) is 12.9 Å². The van der Waals surface area contributed by atoms with Crippen LogP contribution in [0.4, 0.5) is 0 Å². The van der Waals surface area contributed by atoms with Gasteiger partial charge in [0.1, 0.15) is 0 Å². The SMILES string of the molecule is CC(C)OCOP(=O)(OCc1ccccc1)OCc1ccccc1. The molecule has 0 unspecified atom stereocenters. The molecule has 0 heterocycles. The van der Waals surface area contributed by atoms with Crippen molar-refractivity contribution in [3.05, 3.63) is 71.8 Å². The fourth-order valence-corrected chi connectivity index (χ4v) is 2.83. The molecular weight excluding hydrogens is 327 g/mol. The molecular formula is C18H23O5P. The molecule has 6 heteroatoms. The van der Waals surface area contributed by atoms with Gasteiger partial charge in [0.15, 0.2) is 6.79 Å². The number of hydrogen-bond acceptors (Lipinski definition) is 5. The minimum absolute atomic E-state index is 0.0401. The average molecular weight is 350 g/mol. The Kier molecular flexibility index (Phi) is 7.63. The van der Waals surface area contributed by atoms with Crippen molar-refractivity contribution >= 4 is 7.82 Å². The highest BCUT2D eigenvalue weighted by atomic mass is 31.2. The van der Waals surface area contributed by atoms with E-state index in [4.69, 9.17) is 18.3 Å². The summed E-state index contributed by atoms with van der Waals surface area (Å²) in [5, 5.41) is 0. The van der Waals surface area contributed by atoms with E-state index in [9.17, 15) is 4.57 Å². The Balaban J connectivity index is 1.95. The van der Waals surface area contributed by atoms with Gasteiger partial charge in [-0.2, -0.15) is 0 Å². The summed E-state index contributed by atoms with van der Waals surface area (Å²) in [6.45, 7) is 3.84. The molecule has 0 aromatic heterocycles. The summed E-state index contributed by atoms with van der Waals surface area (Å²) >= 11 is 0. The second kappa shape index (κ2) is 9.72. The number of rotatable bonds is 10. The number of phosphoric ester groups is 1. The fraction of sp³-hybridized carbons (Fsp3) is 0.333. The van der Waals surface area contributed by atoms with Crippen LogP contribution in [0.25, 0.3) is 0 Å². The zero-order chi connectivity index (χ0) is 17.3. The fourth-order valence-electron chi connectivity index (χ4n) is 1.80. The van der Waals surface area contributed by atoms with Crippen LogP contribution < -0.4 is 0 Å². The average Bonchev–Trinajstić information content (AvgIpc) is 2.60. The van der Waals surface area contributed by atoms with Crippen LogP contribution in [0.1, 0.15) is 25.0 Å². The second-order valence-electron chi connectivity index (χ2n) is 5.43. The molecule has 5 nitrogen and oxygen atoms in total. The predicted octanol–water partition coefficient (Wildman–Crippen LogP) is 4.93. The van der Waals surface area contributed by atoms with Gasteiger partial charge in [0.05, 0.1) is 19.3 Å². The van der Waals surface area contributed by atoms with E-state index >= 15 is 0 Å². The lowest BCUT2D eigenvalue weighted by molar-refractivity contribution is -0.0435. The highest BCUT2D eigenvalue weighted by molar-refractivity contribution is 7.48. The normalized spacial score (nSPS) is 11.8. The first-order valence-electron chi connectivity index (χ1n) is 7.80. The molecule has 0 spiro atoms. The molecule has 0 radical (unpaired) electrons. The standard InChI is InChI=1S/C18H23O5P/c1-16(2)20-15-23-24(19,21-13-17-9-5-3-6-10-17)22-14-18-11-7-4-8-12-18/h3-12,16H,13-15H2,1-2H3. The van der Waals surface area contributed by atoms with Crippen LogP contribution >= 0.6 is 7.82 Å². The number of phosphoric acid groups is 1. The maximum atomic E-state index is 12.8. The molecule has 0 aliphatic rings. The predicted molar refractivity (Wildman–Crippen MR) is 92.2 cm³/mol. The van der Waals surface area contributed by atoms with Crippen LogP contribution in [0.3, 0.4) is 0 Å². The first-order valence-corrected chi connectivity index (χ1v) is 9.26. The zero-order valence-electron chi connectivity index (χ0n) is 14.0. The lowest BCUT2D eigenvalue weighted by atomic mass is 10.2. The van der Waals surface area contributed by atoms with Gasteiger partial charge in [-0.15, -0.1) is 0 Å². The third kappa shape index (κ3) is 6.95. The number of benzene rings is 2. The van der Waals surface area contributed by atoms with Gasteiger partial charge in [0.25, 0.3) is 0 Å². The molecule has 130 valence electrons. The maximum absolute atomic E-state index is 12.8. The molecule has 0 atom stereocenters. The van der Waals surface area contributed by atoms with Crippen LogP contribution in [-0.2, 0) is 36.1 Å². The van der Waals surface area contributed by atoms with Crippen molar-refractivity contribution in [2.75, 3.05) is 6.79 Å². The van der Waals surface area contributed by atoms with Crippen LogP contribution in [0.2, 0.25) is 0 Å². The van der Waals surface area contributed by atoms with Gasteiger partial charge in [-0.1, -0.05) is 60.7 Å². The summed E-state index contributed by atoms with van der Waals surface area (Å²) in [5.74, 6) is 0. The summed E-state index contributed by atoms with van der Waals surface area (Å²) in [6.07, 6.45) is -0.0401. The molecule has 0 saturated carbocycles. The molecule has 24 heavy (non-hydrogen) atoms. The molecule has 2 aromatic rings. The Morgan fingerprint density at radius 3 is 1.67 bits per heavy atom. The van der Waals surface area contributed by atoms with Crippen molar-refractivity contribution in [2.45, 2.75) is 33.2 Å². The molecule has 0 amide bonds. The summed E-state index contributed by atoms with van der Waals surface area (Å²) in [4.78, 5) is 0. The number of ether oxygens (including phenoxy) is 1. The summed E-state index contributed by atoms with van der Waals surface area (Å²) in [5.41, 5.74) is 1.77. The maximum Gasteiger partial charge on any atom is 0.477 e. The molecule has 2 aromatic carbocycles. The topological polar surface area (TPSA) is 54.0 Å².